The third-order valence-electron chi connectivity index (χ3n) is 2.45. The Morgan fingerprint density at radius 3 is 2.50 bits per heavy atom. The fraction of sp³-hybridized carbons (Fsp3) is 0.154. The van der Waals surface area contributed by atoms with Gasteiger partial charge in [0.2, 0.25) is 0 Å². The molecule has 0 saturated carbocycles. The second-order valence-electron chi connectivity index (χ2n) is 3.77. The lowest BCUT2D eigenvalue weighted by Gasteiger charge is -2.07. The maximum atomic E-state index is 12.8. The molecule has 0 fully saturated rings. The molecule has 0 amide bonds. The Balaban J connectivity index is 2.40. The minimum Gasteiger partial charge on any atom is -0.324 e. The molecule has 1 atom stereocenters. The molecular weight excluding hydrogens is 203 g/mol. The van der Waals surface area contributed by atoms with Crippen LogP contribution >= 0.6 is 0 Å². The summed E-state index contributed by atoms with van der Waals surface area (Å²) in [5.74, 6) is -0.243. The van der Waals surface area contributed by atoms with E-state index in [2.05, 4.69) is 4.98 Å². The molecule has 1 heterocycles. The average molecular weight is 216 g/mol. The lowest BCUT2D eigenvalue weighted by Crippen LogP contribution is -2.05. The van der Waals surface area contributed by atoms with Crippen LogP contribution < -0.4 is 5.73 Å². The Morgan fingerprint density at radius 1 is 1.19 bits per heavy atom. The van der Waals surface area contributed by atoms with Crippen LogP contribution in [0.5, 0.6) is 0 Å². The Morgan fingerprint density at radius 2 is 1.88 bits per heavy atom. The SMILES string of the molecule is CC(N)c1ccnc(-c2ccc(F)cc2)c1. The number of benzene rings is 1. The first-order chi connectivity index (χ1) is 7.66. The standard InChI is InChI=1S/C13H13FN2/c1-9(15)11-6-7-16-13(8-11)10-2-4-12(14)5-3-10/h2-9H,15H2,1H3. The predicted octanol–water partition coefficient (Wildman–Crippen LogP) is 2.91. The molecule has 3 heteroatoms. The van der Waals surface area contributed by atoms with Gasteiger partial charge in [0, 0.05) is 17.8 Å². The van der Waals surface area contributed by atoms with Gasteiger partial charge in [-0.2, -0.15) is 0 Å². The van der Waals surface area contributed by atoms with Gasteiger partial charge in [0.25, 0.3) is 0 Å². The summed E-state index contributed by atoms with van der Waals surface area (Å²) in [7, 11) is 0. The summed E-state index contributed by atoms with van der Waals surface area (Å²) in [6.45, 7) is 1.92. The second kappa shape index (κ2) is 4.41. The minimum atomic E-state index is -0.243. The van der Waals surface area contributed by atoms with Crippen molar-refractivity contribution in [2.75, 3.05) is 0 Å². The topological polar surface area (TPSA) is 38.9 Å². The highest BCUT2D eigenvalue weighted by molar-refractivity contribution is 5.59. The summed E-state index contributed by atoms with van der Waals surface area (Å²) >= 11 is 0. The zero-order valence-electron chi connectivity index (χ0n) is 9.02. The fourth-order valence-electron chi connectivity index (χ4n) is 1.51. The van der Waals surface area contributed by atoms with Gasteiger partial charge in [-0.05, 0) is 48.9 Å². The summed E-state index contributed by atoms with van der Waals surface area (Å²) < 4.78 is 12.8. The summed E-state index contributed by atoms with van der Waals surface area (Å²) in [5.41, 5.74) is 8.53. The Labute approximate surface area is 93.9 Å². The summed E-state index contributed by atoms with van der Waals surface area (Å²) in [6.07, 6.45) is 1.72. The molecule has 1 aromatic heterocycles. The summed E-state index contributed by atoms with van der Waals surface area (Å²) in [6, 6.07) is 10.1. The van der Waals surface area contributed by atoms with Crippen LogP contribution in [0.2, 0.25) is 0 Å². The van der Waals surface area contributed by atoms with Gasteiger partial charge in [0.1, 0.15) is 5.82 Å². The molecule has 0 aliphatic carbocycles. The first-order valence-electron chi connectivity index (χ1n) is 5.14. The van der Waals surface area contributed by atoms with Gasteiger partial charge >= 0.3 is 0 Å². The number of aromatic nitrogens is 1. The van der Waals surface area contributed by atoms with Crippen molar-refractivity contribution >= 4 is 0 Å². The van der Waals surface area contributed by atoms with Crippen LogP contribution in [0.15, 0.2) is 42.6 Å². The monoisotopic (exact) mass is 216 g/mol. The number of rotatable bonds is 2. The van der Waals surface area contributed by atoms with Crippen LogP contribution in [-0.4, -0.2) is 4.98 Å². The number of hydrogen-bond donors (Lipinski definition) is 1. The Hall–Kier alpha value is -1.74. The van der Waals surface area contributed by atoms with E-state index in [1.807, 2.05) is 19.1 Å². The highest BCUT2D eigenvalue weighted by Gasteiger charge is 2.03. The second-order valence-corrected chi connectivity index (χ2v) is 3.77. The van der Waals surface area contributed by atoms with Crippen molar-refractivity contribution in [1.29, 1.82) is 0 Å². The van der Waals surface area contributed by atoms with E-state index < -0.39 is 0 Å². The van der Waals surface area contributed by atoms with Crippen molar-refractivity contribution in [3.8, 4) is 11.3 Å². The van der Waals surface area contributed by atoms with Crippen molar-refractivity contribution in [3.05, 3.63) is 54.0 Å². The molecule has 2 rings (SSSR count). The van der Waals surface area contributed by atoms with Gasteiger partial charge < -0.3 is 5.73 Å². The van der Waals surface area contributed by atoms with Crippen molar-refractivity contribution in [1.82, 2.24) is 4.98 Å². The smallest absolute Gasteiger partial charge is 0.123 e. The molecule has 16 heavy (non-hydrogen) atoms. The predicted molar refractivity (Wildman–Crippen MR) is 62.2 cm³/mol. The van der Waals surface area contributed by atoms with Gasteiger partial charge in [0.05, 0.1) is 5.69 Å². The van der Waals surface area contributed by atoms with Crippen molar-refractivity contribution in [2.45, 2.75) is 13.0 Å². The molecule has 1 aromatic carbocycles. The van der Waals surface area contributed by atoms with Crippen molar-refractivity contribution in [3.63, 3.8) is 0 Å². The third-order valence-corrected chi connectivity index (χ3v) is 2.45. The molecule has 0 spiro atoms. The van der Waals surface area contributed by atoms with E-state index in [1.165, 1.54) is 12.1 Å². The van der Waals surface area contributed by atoms with Crippen molar-refractivity contribution < 1.29 is 4.39 Å². The molecular formula is C13H13FN2. The summed E-state index contributed by atoms with van der Waals surface area (Å²) in [4.78, 5) is 4.24. The molecule has 2 nitrogen and oxygen atoms in total. The quantitative estimate of drug-likeness (QED) is 0.838. The first-order valence-corrected chi connectivity index (χ1v) is 5.14. The molecule has 1 unspecified atom stereocenters. The normalized spacial score (nSPS) is 12.4. The molecule has 2 N–H and O–H groups in total. The molecule has 0 aliphatic rings. The number of pyridine rings is 1. The molecule has 0 aliphatic heterocycles. The van der Waals surface area contributed by atoms with Crippen LogP contribution in [0.25, 0.3) is 11.3 Å². The van der Waals surface area contributed by atoms with Gasteiger partial charge in [-0.15, -0.1) is 0 Å². The van der Waals surface area contributed by atoms with E-state index in [0.29, 0.717) is 0 Å². The van der Waals surface area contributed by atoms with E-state index in [0.717, 1.165) is 16.8 Å². The molecule has 2 aromatic rings. The lowest BCUT2D eigenvalue weighted by atomic mass is 10.1. The molecule has 82 valence electrons. The third kappa shape index (κ3) is 2.25. The highest BCUT2D eigenvalue weighted by Crippen LogP contribution is 2.20. The van der Waals surface area contributed by atoms with Crippen LogP contribution in [-0.2, 0) is 0 Å². The van der Waals surface area contributed by atoms with Gasteiger partial charge in [-0.25, -0.2) is 4.39 Å². The average Bonchev–Trinajstić information content (AvgIpc) is 2.30. The number of hydrogen-bond acceptors (Lipinski definition) is 2. The largest absolute Gasteiger partial charge is 0.324 e. The minimum absolute atomic E-state index is 0.0257. The zero-order valence-corrected chi connectivity index (χ0v) is 9.02. The van der Waals surface area contributed by atoms with Gasteiger partial charge in [-0.3, -0.25) is 4.98 Å². The van der Waals surface area contributed by atoms with Crippen molar-refractivity contribution in [2.24, 2.45) is 5.73 Å². The van der Waals surface area contributed by atoms with E-state index >= 15 is 0 Å². The Kier molecular flexibility index (Phi) is 2.97. The summed E-state index contributed by atoms with van der Waals surface area (Å²) in [5, 5.41) is 0. The van der Waals surface area contributed by atoms with Crippen LogP contribution in [0.1, 0.15) is 18.5 Å². The van der Waals surface area contributed by atoms with Crippen LogP contribution in [0, 0.1) is 5.82 Å². The molecule has 0 bridgehead atoms. The maximum absolute atomic E-state index is 12.8. The lowest BCUT2D eigenvalue weighted by molar-refractivity contribution is 0.628. The first kappa shape index (κ1) is 10.8. The molecule has 0 saturated heterocycles. The van der Waals surface area contributed by atoms with Crippen LogP contribution in [0.3, 0.4) is 0 Å². The number of nitrogens with zero attached hydrogens (tertiary/aromatic N) is 1. The molecule has 0 radical (unpaired) electrons. The van der Waals surface area contributed by atoms with E-state index in [4.69, 9.17) is 5.73 Å². The number of halogens is 1. The van der Waals surface area contributed by atoms with E-state index in [1.54, 1.807) is 18.3 Å². The fourth-order valence-corrected chi connectivity index (χ4v) is 1.51. The Bertz CT molecular complexity index is 478. The van der Waals surface area contributed by atoms with Crippen LogP contribution in [0.4, 0.5) is 4.39 Å². The van der Waals surface area contributed by atoms with E-state index in [9.17, 15) is 4.39 Å². The highest BCUT2D eigenvalue weighted by atomic mass is 19.1. The van der Waals surface area contributed by atoms with Gasteiger partial charge in [-0.1, -0.05) is 0 Å². The van der Waals surface area contributed by atoms with Gasteiger partial charge in [0.15, 0.2) is 0 Å². The zero-order chi connectivity index (χ0) is 11.5. The maximum Gasteiger partial charge on any atom is 0.123 e. The number of nitrogens with two attached hydrogens (primary N) is 1. The van der Waals surface area contributed by atoms with E-state index in [-0.39, 0.29) is 11.9 Å².